The Balaban J connectivity index is 0.000000152. The molecular formula is C20H22Cl2N2OS2. The van der Waals surface area contributed by atoms with Crippen LogP contribution >= 0.6 is 45.9 Å². The smallest absolute Gasteiger partial charge is 0.130 e. The van der Waals surface area contributed by atoms with E-state index in [0.29, 0.717) is 10.3 Å². The minimum atomic E-state index is 0. The van der Waals surface area contributed by atoms with Crippen molar-refractivity contribution in [2.75, 3.05) is 13.2 Å². The first-order valence-corrected chi connectivity index (χ1v) is 10.7. The van der Waals surface area contributed by atoms with Crippen LogP contribution in [0.4, 0.5) is 0 Å². The molecule has 1 aliphatic heterocycles. The van der Waals surface area contributed by atoms with Crippen LogP contribution in [0.2, 0.25) is 10.3 Å². The van der Waals surface area contributed by atoms with E-state index in [0.717, 1.165) is 18.6 Å². The number of hydrogen-bond donors (Lipinski definition) is 0. The van der Waals surface area contributed by atoms with Gasteiger partial charge in [0.25, 0.3) is 0 Å². The molecule has 5 heterocycles. The number of rotatable bonds is 0. The first-order valence-electron chi connectivity index (χ1n) is 8.20. The van der Waals surface area contributed by atoms with Gasteiger partial charge in [0.15, 0.2) is 0 Å². The fraction of sp³-hybridized carbons (Fsp3) is 0.300. The fourth-order valence-corrected chi connectivity index (χ4v) is 4.56. The number of hydrogen-bond acceptors (Lipinski definition) is 5. The molecule has 0 amide bonds. The molecule has 1 saturated heterocycles. The molecule has 0 atom stereocenters. The maximum absolute atomic E-state index is 5.72. The molecule has 0 radical (unpaired) electrons. The van der Waals surface area contributed by atoms with Gasteiger partial charge in [0.05, 0.1) is 0 Å². The highest BCUT2D eigenvalue weighted by Gasteiger charge is 1.98. The van der Waals surface area contributed by atoms with Crippen molar-refractivity contribution in [3.8, 4) is 0 Å². The van der Waals surface area contributed by atoms with E-state index in [2.05, 4.69) is 23.0 Å². The van der Waals surface area contributed by atoms with Crippen molar-refractivity contribution in [3.63, 3.8) is 0 Å². The lowest BCUT2D eigenvalue weighted by atomic mass is 10.3. The van der Waals surface area contributed by atoms with E-state index in [1.807, 2.05) is 23.6 Å². The molecule has 0 unspecified atom stereocenters. The van der Waals surface area contributed by atoms with Gasteiger partial charge < -0.3 is 4.74 Å². The van der Waals surface area contributed by atoms with Crippen molar-refractivity contribution in [1.82, 2.24) is 9.97 Å². The van der Waals surface area contributed by atoms with Crippen molar-refractivity contribution in [2.45, 2.75) is 27.2 Å². The van der Waals surface area contributed by atoms with E-state index in [1.54, 1.807) is 35.1 Å². The zero-order chi connectivity index (χ0) is 18.4. The van der Waals surface area contributed by atoms with Crippen molar-refractivity contribution in [1.29, 1.82) is 0 Å². The Morgan fingerprint density at radius 1 is 0.926 bits per heavy atom. The molecule has 4 aromatic rings. The molecule has 1 aliphatic rings. The highest BCUT2D eigenvalue weighted by atomic mass is 35.5. The molecule has 0 aliphatic carbocycles. The van der Waals surface area contributed by atoms with Crippen LogP contribution in [0.15, 0.2) is 42.0 Å². The van der Waals surface area contributed by atoms with Crippen LogP contribution in [0.5, 0.6) is 0 Å². The predicted molar refractivity (Wildman–Crippen MR) is 121 cm³/mol. The van der Waals surface area contributed by atoms with Gasteiger partial charge in [-0.05, 0) is 49.4 Å². The standard InChI is InChI=1S/C8H6ClNS.C7H4ClNS.C4H8O.CH4/c1-5-2-6-4-10-8(9)3-7(6)11-5;8-7-3-6-5(4-9-7)1-2-10-6;1-2-4-5-3-1;/h2-4H,1H3;1-4H;1-4H2;1H4. The topological polar surface area (TPSA) is 35.0 Å². The third-order valence-electron chi connectivity index (χ3n) is 3.62. The fourth-order valence-electron chi connectivity index (χ4n) is 2.38. The summed E-state index contributed by atoms with van der Waals surface area (Å²) in [7, 11) is 0. The molecule has 0 spiro atoms. The highest BCUT2D eigenvalue weighted by Crippen LogP contribution is 2.25. The number of halogens is 2. The minimum Gasteiger partial charge on any atom is -0.381 e. The number of thiophene rings is 2. The summed E-state index contributed by atoms with van der Waals surface area (Å²) >= 11 is 14.8. The van der Waals surface area contributed by atoms with Gasteiger partial charge in [-0.25, -0.2) is 9.97 Å². The van der Waals surface area contributed by atoms with E-state index in [-0.39, 0.29) is 7.43 Å². The molecule has 4 aromatic heterocycles. The molecule has 144 valence electrons. The van der Waals surface area contributed by atoms with Crippen LogP contribution in [-0.2, 0) is 4.74 Å². The number of ether oxygens (including phenoxy) is 1. The summed E-state index contributed by atoms with van der Waals surface area (Å²) in [5, 5.41) is 5.50. The van der Waals surface area contributed by atoms with E-state index in [4.69, 9.17) is 27.9 Å². The van der Waals surface area contributed by atoms with Crippen LogP contribution in [0.3, 0.4) is 0 Å². The van der Waals surface area contributed by atoms with Crippen LogP contribution < -0.4 is 0 Å². The molecule has 0 aromatic carbocycles. The summed E-state index contributed by atoms with van der Waals surface area (Å²) in [4.78, 5) is 9.24. The third kappa shape index (κ3) is 6.70. The molecule has 5 rings (SSSR count). The maximum atomic E-state index is 5.72. The lowest BCUT2D eigenvalue weighted by Gasteiger charge is -1.87. The molecule has 0 bridgehead atoms. The molecule has 1 fully saturated rings. The summed E-state index contributed by atoms with van der Waals surface area (Å²) < 4.78 is 7.35. The van der Waals surface area contributed by atoms with Crippen LogP contribution in [0, 0.1) is 6.92 Å². The monoisotopic (exact) mass is 440 g/mol. The molecule has 3 nitrogen and oxygen atoms in total. The first kappa shape index (κ1) is 22.1. The van der Waals surface area contributed by atoms with Gasteiger partial charge in [0.1, 0.15) is 10.3 Å². The van der Waals surface area contributed by atoms with Crippen LogP contribution in [0.1, 0.15) is 25.1 Å². The minimum absolute atomic E-state index is 0. The number of aryl methyl sites for hydroxylation is 1. The lowest BCUT2D eigenvalue weighted by Crippen LogP contribution is -1.74. The average molecular weight is 441 g/mol. The SMILES string of the molecule is C.C1CCOC1.Cc1cc2cnc(Cl)cc2s1.Clc1cc2sccc2cn1. The second-order valence-corrected chi connectivity index (χ2v) is 8.70. The van der Waals surface area contributed by atoms with Gasteiger partial charge in [-0.1, -0.05) is 30.6 Å². The summed E-state index contributed by atoms with van der Waals surface area (Å²) in [6.07, 6.45) is 6.15. The zero-order valence-corrected chi connectivity index (χ0v) is 17.4. The van der Waals surface area contributed by atoms with Gasteiger partial charge in [-0.15, -0.1) is 22.7 Å². The van der Waals surface area contributed by atoms with Gasteiger partial charge in [0, 0.05) is 50.7 Å². The molecular weight excluding hydrogens is 419 g/mol. The molecule has 0 N–H and O–H groups in total. The summed E-state index contributed by atoms with van der Waals surface area (Å²) in [5.41, 5.74) is 0. The van der Waals surface area contributed by atoms with Gasteiger partial charge in [0.2, 0.25) is 0 Å². The summed E-state index contributed by atoms with van der Waals surface area (Å²) in [6, 6.07) is 7.92. The highest BCUT2D eigenvalue weighted by molar-refractivity contribution is 7.19. The number of fused-ring (bicyclic) bond motifs is 2. The normalized spacial score (nSPS) is 12.7. The molecule has 0 saturated carbocycles. The Bertz CT molecular complexity index is 973. The van der Waals surface area contributed by atoms with Gasteiger partial charge in [-0.3, -0.25) is 0 Å². The number of pyridine rings is 2. The summed E-state index contributed by atoms with van der Waals surface area (Å²) in [6.45, 7) is 4.08. The number of aromatic nitrogens is 2. The first-order chi connectivity index (χ1) is 12.6. The van der Waals surface area contributed by atoms with Crippen molar-refractivity contribution >= 4 is 66.0 Å². The Hall–Kier alpha value is -1.24. The second kappa shape index (κ2) is 10.9. The second-order valence-electron chi connectivity index (χ2n) is 5.69. The van der Waals surface area contributed by atoms with Crippen LogP contribution in [0.25, 0.3) is 20.2 Å². The third-order valence-corrected chi connectivity index (χ3v) is 5.93. The zero-order valence-electron chi connectivity index (χ0n) is 14.2. The van der Waals surface area contributed by atoms with E-state index < -0.39 is 0 Å². The van der Waals surface area contributed by atoms with Crippen molar-refractivity contribution in [3.05, 3.63) is 57.2 Å². The Morgan fingerprint density at radius 3 is 2.19 bits per heavy atom. The summed E-state index contributed by atoms with van der Waals surface area (Å²) in [5.74, 6) is 0. The Kier molecular flexibility index (Phi) is 8.93. The van der Waals surface area contributed by atoms with E-state index in [1.165, 1.54) is 32.5 Å². The van der Waals surface area contributed by atoms with Crippen molar-refractivity contribution in [2.24, 2.45) is 0 Å². The Morgan fingerprint density at radius 2 is 1.56 bits per heavy atom. The lowest BCUT2D eigenvalue weighted by molar-refractivity contribution is 0.198. The van der Waals surface area contributed by atoms with Crippen molar-refractivity contribution < 1.29 is 4.74 Å². The van der Waals surface area contributed by atoms with Crippen LogP contribution in [-0.4, -0.2) is 23.2 Å². The van der Waals surface area contributed by atoms with Gasteiger partial charge in [-0.2, -0.15) is 0 Å². The maximum Gasteiger partial charge on any atom is 0.130 e. The molecule has 27 heavy (non-hydrogen) atoms. The average Bonchev–Trinajstić information content (AvgIpc) is 3.36. The van der Waals surface area contributed by atoms with E-state index in [9.17, 15) is 0 Å². The number of nitrogens with zero attached hydrogens (tertiary/aromatic N) is 2. The largest absolute Gasteiger partial charge is 0.381 e. The van der Waals surface area contributed by atoms with Gasteiger partial charge >= 0.3 is 0 Å². The predicted octanol–water partition coefficient (Wildman–Crippen LogP) is 7.64. The molecule has 7 heteroatoms. The quantitative estimate of drug-likeness (QED) is 0.263. The van der Waals surface area contributed by atoms with E-state index >= 15 is 0 Å². The Labute approximate surface area is 177 Å².